The van der Waals surface area contributed by atoms with E-state index >= 15 is 0 Å². The molecule has 20 heavy (non-hydrogen) atoms. The van der Waals surface area contributed by atoms with Crippen molar-refractivity contribution in [2.45, 2.75) is 20.1 Å². The van der Waals surface area contributed by atoms with Gasteiger partial charge in [-0.3, -0.25) is 0 Å². The van der Waals surface area contributed by atoms with Crippen LogP contribution in [0.2, 0.25) is 0 Å². The summed E-state index contributed by atoms with van der Waals surface area (Å²) in [6, 6.07) is 16.3. The summed E-state index contributed by atoms with van der Waals surface area (Å²) in [5.41, 5.74) is 4.90. The highest BCUT2D eigenvalue weighted by molar-refractivity contribution is 5.60. The van der Waals surface area contributed by atoms with E-state index in [1.165, 1.54) is 5.56 Å². The molecule has 0 radical (unpaired) electrons. The zero-order chi connectivity index (χ0) is 14.4. The van der Waals surface area contributed by atoms with Crippen molar-refractivity contribution in [2.24, 2.45) is 0 Å². The number of anilines is 1. The van der Waals surface area contributed by atoms with Crippen LogP contribution in [0.4, 0.5) is 5.69 Å². The highest BCUT2D eigenvalue weighted by Crippen LogP contribution is 2.19. The molecule has 0 saturated heterocycles. The number of nitriles is 1. The number of methoxy groups -OCH3 is 1. The molecule has 0 unspecified atom stereocenters. The topological polar surface area (TPSA) is 45.0 Å². The summed E-state index contributed by atoms with van der Waals surface area (Å²) < 4.78 is 5.13. The maximum absolute atomic E-state index is 9.20. The van der Waals surface area contributed by atoms with E-state index in [0.29, 0.717) is 18.7 Å². The largest absolute Gasteiger partial charge is 0.380 e. The van der Waals surface area contributed by atoms with Crippen molar-refractivity contribution in [3.05, 3.63) is 64.7 Å². The monoisotopic (exact) mass is 266 g/mol. The highest BCUT2D eigenvalue weighted by atomic mass is 16.5. The van der Waals surface area contributed by atoms with Crippen molar-refractivity contribution >= 4 is 5.69 Å². The molecule has 0 bridgehead atoms. The Morgan fingerprint density at radius 1 is 1.15 bits per heavy atom. The first-order valence-corrected chi connectivity index (χ1v) is 6.55. The Morgan fingerprint density at radius 2 is 1.90 bits per heavy atom. The Hall–Kier alpha value is -2.31. The fourth-order valence-corrected chi connectivity index (χ4v) is 2.16. The van der Waals surface area contributed by atoms with Crippen LogP contribution in [0.15, 0.2) is 42.5 Å². The van der Waals surface area contributed by atoms with Gasteiger partial charge in [-0.2, -0.15) is 5.26 Å². The molecule has 0 heterocycles. The molecular weight excluding hydrogens is 248 g/mol. The molecule has 3 heteroatoms. The first-order valence-electron chi connectivity index (χ1n) is 6.55. The third kappa shape index (κ3) is 3.37. The summed E-state index contributed by atoms with van der Waals surface area (Å²) in [7, 11) is 1.69. The first-order chi connectivity index (χ1) is 9.74. The van der Waals surface area contributed by atoms with Crippen molar-refractivity contribution in [1.29, 1.82) is 5.26 Å². The highest BCUT2D eigenvalue weighted by Gasteiger charge is 2.04. The molecule has 0 aliphatic rings. The Labute approximate surface area is 119 Å². The van der Waals surface area contributed by atoms with Crippen LogP contribution in [-0.4, -0.2) is 7.11 Å². The third-order valence-corrected chi connectivity index (χ3v) is 3.17. The van der Waals surface area contributed by atoms with Gasteiger partial charge in [-0.25, -0.2) is 0 Å². The average Bonchev–Trinajstić information content (AvgIpc) is 2.46. The number of aryl methyl sites for hydroxylation is 1. The molecule has 2 aromatic carbocycles. The van der Waals surface area contributed by atoms with Crippen molar-refractivity contribution in [1.82, 2.24) is 0 Å². The summed E-state index contributed by atoms with van der Waals surface area (Å²) in [6.07, 6.45) is 0. The minimum absolute atomic E-state index is 0.613. The van der Waals surface area contributed by atoms with Crippen molar-refractivity contribution < 1.29 is 4.74 Å². The van der Waals surface area contributed by atoms with Gasteiger partial charge in [0.15, 0.2) is 0 Å². The van der Waals surface area contributed by atoms with Gasteiger partial charge in [-0.05, 0) is 29.7 Å². The maximum Gasteiger partial charge on any atom is 0.102 e. The van der Waals surface area contributed by atoms with Crippen LogP contribution in [0.1, 0.15) is 22.3 Å². The quantitative estimate of drug-likeness (QED) is 0.899. The van der Waals surface area contributed by atoms with Crippen LogP contribution < -0.4 is 5.32 Å². The molecule has 0 spiro atoms. The lowest BCUT2D eigenvalue weighted by atomic mass is 10.1. The molecule has 0 saturated carbocycles. The molecule has 102 valence electrons. The zero-order valence-electron chi connectivity index (χ0n) is 11.8. The number of hydrogen-bond acceptors (Lipinski definition) is 3. The van der Waals surface area contributed by atoms with Gasteiger partial charge in [0, 0.05) is 13.7 Å². The molecule has 2 rings (SSSR count). The second-order valence-corrected chi connectivity index (χ2v) is 4.72. The van der Waals surface area contributed by atoms with E-state index in [0.717, 1.165) is 16.8 Å². The molecule has 0 aliphatic heterocycles. The van der Waals surface area contributed by atoms with Gasteiger partial charge in [0.25, 0.3) is 0 Å². The Kier molecular flexibility index (Phi) is 4.75. The lowest BCUT2D eigenvalue weighted by molar-refractivity contribution is 0.185. The second kappa shape index (κ2) is 6.74. The number of hydrogen-bond donors (Lipinski definition) is 1. The summed E-state index contributed by atoms with van der Waals surface area (Å²) in [6.45, 7) is 3.25. The van der Waals surface area contributed by atoms with Gasteiger partial charge in [-0.15, -0.1) is 0 Å². The van der Waals surface area contributed by atoms with Crippen LogP contribution >= 0.6 is 0 Å². The van der Waals surface area contributed by atoms with E-state index < -0.39 is 0 Å². The third-order valence-electron chi connectivity index (χ3n) is 3.17. The summed E-state index contributed by atoms with van der Waals surface area (Å²) in [5.74, 6) is 0. The van der Waals surface area contributed by atoms with Gasteiger partial charge >= 0.3 is 0 Å². The fourth-order valence-electron chi connectivity index (χ4n) is 2.16. The van der Waals surface area contributed by atoms with E-state index in [4.69, 9.17) is 4.74 Å². The Balaban J connectivity index is 2.11. The van der Waals surface area contributed by atoms with E-state index in [2.05, 4.69) is 23.5 Å². The van der Waals surface area contributed by atoms with E-state index in [1.54, 1.807) is 7.11 Å². The lowest BCUT2D eigenvalue weighted by Crippen LogP contribution is -2.02. The molecule has 0 aromatic heterocycles. The lowest BCUT2D eigenvalue weighted by Gasteiger charge is -2.10. The van der Waals surface area contributed by atoms with Crippen molar-refractivity contribution in [3.8, 4) is 6.07 Å². The molecule has 0 aliphatic carbocycles. The fraction of sp³-hybridized carbons (Fsp3) is 0.235. The van der Waals surface area contributed by atoms with Crippen LogP contribution in [0, 0.1) is 18.3 Å². The number of nitrogens with zero attached hydrogens (tertiary/aromatic N) is 1. The number of rotatable bonds is 5. The SMILES string of the molecule is COCc1cccc(CNc2cccc(C)c2C#N)c1. The normalized spacial score (nSPS) is 10.1. The molecule has 0 atom stereocenters. The summed E-state index contributed by atoms with van der Waals surface area (Å²) >= 11 is 0. The van der Waals surface area contributed by atoms with Gasteiger partial charge in [0.2, 0.25) is 0 Å². The van der Waals surface area contributed by atoms with Crippen molar-refractivity contribution in [3.63, 3.8) is 0 Å². The maximum atomic E-state index is 9.20. The predicted molar refractivity (Wildman–Crippen MR) is 80.4 cm³/mol. The van der Waals surface area contributed by atoms with Gasteiger partial charge in [0.1, 0.15) is 6.07 Å². The van der Waals surface area contributed by atoms with Gasteiger partial charge in [-0.1, -0.05) is 36.4 Å². The van der Waals surface area contributed by atoms with E-state index in [1.807, 2.05) is 37.3 Å². The second-order valence-electron chi connectivity index (χ2n) is 4.72. The van der Waals surface area contributed by atoms with Crippen molar-refractivity contribution in [2.75, 3.05) is 12.4 Å². The molecular formula is C17H18N2O. The number of nitrogens with one attached hydrogen (secondary N) is 1. The number of benzene rings is 2. The van der Waals surface area contributed by atoms with Gasteiger partial charge in [0.05, 0.1) is 17.9 Å². The minimum atomic E-state index is 0.613. The minimum Gasteiger partial charge on any atom is -0.380 e. The van der Waals surface area contributed by atoms with Gasteiger partial charge < -0.3 is 10.1 Å². The summed E-state index contributed by atoms with van der Waals surface area (Å²) in [4.78, 5) is 0. The molecule has 0 fully saturated rings. The first kappa shape index (κ1) is 14.1. The van der Waals surface area contributed by atoms with E-state index in [9.17, 15) is 5.26 Å². The van der Waals surface area contributed by atoms with Crippen LogP contribution in [0.5, 0.6) is 0 Å². The standard InChI is InChI=1S/C17H18N2O/c1-13-5-3-8-17(16(13)10-18)19-11-14-6-4-7-15(9-14)12-20-2/h3-9,19H,11-12H2,1-2H3. The number of ether oxygens (including phenoxy) is 1. The van der Waals surface area contributed by atoms with Crippen LogP contribution in [0.3, 0.4) is 0 Å². The van der Waals surface area contributed by atoms with E-state index in [-0.39, 0.29) is 0 Å². The Bertz CT molecular complexity index is 629. The molecule has 1 N–H and O–H groups in total. The van der Waals surface area contributed by atoms with Crippen LogP contribution in [0.25, 0.3) is 0 Å². The molecule has 0 amide bonds. The Morgan fingerprint density at radius 3 is 2.65 bits per heavy atom. The average molecular weight is 266 g/mol. The smallest absolute Gasteiger partial charge is 0.102 e. The van der Waals surface area contributed by atoms with Crippen LogP contribution in [-0.2, 0) is 17.9 Å². The summed E-state index contributed by atoms with van der Waals surface area (Å²) in [5, 5.41) is 12.5. The predicted octanol–water partition coefficient (Wildman–Crippen LogP) is 3.63. The molecule has 2 aromatic rings. The molecule has 3 nitrogen and oxygen atoms in total. The zero-order valence-corrected chi connectivity index (χ0v) is 11.8.